The van der Waals surface area contributed by atoms with Crippen molar-refractivity contribution in [2.75, 3.05) is 18.9 Å². The molecule has 0 fully saturated rings. The van der Waals surface area contributed by atoms with Crippen LogP contribution in [-0.2, 0) is 0 Å². The van der Waals surface area contributed by atoms with Crippen LogP contribution in [0.5, 0.6) is 0 Å². The Morgan fingerprint density at radius 3 is 1.54 bits per heavy atom. The Morgan fingerprint density at radius 1 is 0.739 bits per heavy atom. The molecule has 4 nitrogen and oxygen atoms in total. The molecule has 0 saturated carbocycles. The summed E-state index contributed by atoms with van der Waals surface area (Å²) in [6.07, 6.45) is 13.7. The first-order chi connectivity index (χ1) is 22.0. The summed E-state index contributed by atoms with van der Waals surface area (Å²) in [5, 5.41) is 2.98. The van der Waals surface area contributed by atoms with Gasteiger partial charge in [-0.2, -0.15) is 0 Å². The van der Waals surface area contributed by atoms with Gasteiger partial charge in [-0.1, -0.05) is 150 Å². The number of aryl methyl sites for hydroxylation is 2. The molecule has 0 aliphatic carbocycles. The zero-order chi connectivity index (χ0) is 36.5. The van der Waals surface area contributed by atoms with Crippen LogP contribution in [0, 0.1) is 13.8 Å². The van der Waals surface area contributed by atoms with E-state index >= 15 is 0 Å². The molecule has 0 aliphatic rings. The van der Waals surface area contributed by atoms with Crippen molar-refractivity contribution in [1.82, 2.24) is 14.9 Å². The van der Waals surface area contributed by atoms with E-state index in [4.69, 9.17) is 0 Å². The molecular weight excluding hydrogens is 560 g/mol. The minimum atomic E-state index is 0.815. The predicted octanol–water partition coefficient (Wildman–Crippen LogP) is 13.6. The zero-order valence-electron chi connectivity index (χ0n) is 33.9. The van der Waals surface area contributed by atoms with Gasteiger partial charge in [0.2, 0.25) is 0 Å². The average molecular weight is 641 g/mol. The van der Waals surface area contributed by atoms with Crippen molar-refractivity contribution in [3.63, 3.8) is 0 Å². The molecular formula is C42H80N4. The molecule has 1 N–H and O–H groups in total. The second-order valence-electron chi connectivity index (χ2n) is 11.4. The van der Waals surface area contributed by atoms with Crippen LogP contribution in [0.2, 0.25) is 0 Å². The largest absolute Gasteiger partial charge is 0.372 e. The Balaban J connectivity index is -0.000000268. The fraction of sp³-hybridized carbons (Fsp3) is 0.667. The first-order valence-electron chi connectivity index (χ1n) is 18.7. The van der Waals surface area contributed by atoms with Crippen LogP contribution >= 0.6 is 0 Å². The number of allylic oxidation sites excluding steroid dienone is 2. The summed E-state index contributed by atoms with van der Waals surface area (Å²) in [5.74, 6) is 0.815. The Hall–Kier alpha value is -2.46. The number of aromatic nitrogens is 2. The highest BCUT2D eigenvalue weighted by Gasteiger charge is 2.22. The van der Waals surface area contributed by atoms with Crippen LogP contribution in [0.3, 0.4) is 0 Å². The molecule has 1 atom stereocenters. The first-order valence-corrected chi connectivity index (χ1v) is 18.7. The van der Waals surface area contributed by atoms with Gasteiger partial charge >= 0.3 is 0 Å². The summed E-state index contributed by atoms with van der Waals surface area (Å²) < 4.78 is 0. The van der Waals surface area contributed by atoms with Crippen LogP contribution in [0.1, 0.15) is 170 Å². The van der Waals surface area contributed by atoms with Gasteiger partial charge in [0.1, 0.15) is 5.82 Å². The third-order valence-electron chi connectivity index (χ3n) is 6.93. The monoisotopic (exact) mass is 641 g/mol. The van der Waals surface area contributed by atoms with Gasteiger partial charge < -0.3 is 5.32 Å². The number of benzene rings is 1. The maximum Gasteiger partial charge on any atom is 0.147 e. The van der Waals surface area contributed by atoms with Crippen LogP contribution < -0.4 is 5.32 Å². The van der Waals surface area contributed by atoms with Gasteiger partial charge in [-0.3, -0.25) is 9.88 Å². The van der Waals surface area contributed by atoms with Crippen LogP contribution in [0.25, 0.3) is 11.1 Å². The normalized spacial score (nSPS) is 10.2. The van der Waals surface area contributed by atoms with Gasteiger partial charge in [-0.25, -0.2) is 4.98 Å². The van der Waals surface area contributed by atoms with E-state index in [0.29, 0.717) is 0 Å². The van der Waals surface area contributed by atoms with Crippen LogP contribution in [0.15, 0.2) is 43.6 Å². The summed E-state index contributed by atoms with van der Waals surface area (Å²) in [4.78, 5) is 11.3. The van der Waals surface area contributed by atoms with E-state index in [1.54, 1.807) is 6.20 Å². The molecule has 1 unspecified atom stereocenters. The van der Waals surface area contributed by atoms with Gasteiger partial charge in [0.15, 0.2) is 0 Å². The van der Waals surface area contributed by atoms with Gasteiger partial charge in [-0.15, -0.1) is 0 Å². The SMILES string of the molecule is C=C(C)c1ccc(C)cc1.C=C(C)c1cnc(C)c(NC)n1.CC.CC.CCC.CCCC(CC)N(CCC)C(CCC)CCC. The first kappa shape index (κ1) is 50.4. The van der Waals surface area contributed by atoms with Gasteiger partial charge in [0, 0.05) is 19.1 Å². The Morgan fingerprint density at radius 2 is 1.20 bits per heavy atom. The Kier molecular flexibility index (Phi) is 38.8. The lowest BCUT2D eigenvalue weighted by molar-refractivity contribution is 0.107. The van der Waals surface area contributed by atoms with E-state index in [1.165, 1.54) is 75.5 Å². The highest BCUT2D eigenvalue weighted by atomic mass is 15.2. The quantitative estimate of drug-likeness (QED) is 0.223. The van der Waals surface area contributed by atoms with Crippen molar-refractivity contribution in [3.8, 4) is 0 Å². The lowest BCUT2D eigenvalue weighted by Gasteiger charge is -2.38. The summed E-state index contributed by atoms with van der Waals surface area (Å²) in [5.41, 5.74) is 6.32. The van der Waals surface area contributed by atoms with E-state index < -0.39 is 0 Å². The topological polar surface area (TPSA) is 41.1 Å². The molecule has 0 saturated heterocycles. The maximum absolute atomic E-state index is 4.32. The summed E-state index contributed by atoms with van der Waals surface area (Å²) in [6.45, 7) is 40.8. The fourth-order valence-electron chi connectivity index (χ4n) is 4.73. The maximum atomic E-state index is 4.32. The fourth-order valence-corrected chi connectivity index (χ4v) is 4.73. The van der Waals surface area contributed by atoms with Gasteiger partial charge in [0.05, 0.1) is 17.6 Å². The van der Waals surface area contributed by atoms with Crippen molar-refractivity contribution in [3.05, 3.63) is 66.1 Å². The number of hydrogen-bond donors (Lipinski definition) is 1. The lowest BCUT2D eigenvalue weighted by Crippen LogP contribution is -2.43. The van der Waals surface area contributed by atoms with Crippen molar-refractivity contribution in [2.45, 2.75) is 174 Å². The molecule has 2 rings (SSSR count). The predicted molar refractivity (Wildman–Crippen MR) is 215 cm³/mol. The van der Waals surface area contributed by atoms with Gasteiger partial charge in [-0.05, 0) is 77.5 Å². The minimum absolute atomic E-state index is 0.815. The lowest BCUT2D eigenvalue weighted by atomic mass is 9.99. The number of anilines is 1. The molecule has 46 heavy (non-hydrogen) atoms. The molecule has 0 radical (unpaired) electrons. The molecule has 1 aromatic heterocycles. The second-order valence-corrected chi connectivity index (χ2v) is 11.4. The van der Waals surface area contributed by atoms with Gasteiger partial charge in [0.25, 0.3) is 0 Å². The van der Waals surface area contributed by atoms with E-state index in [9.17, 15) is 0 Å². The molecule has 0 spiro atoms. The standard InChI is InChI=1S/C16H35N.C10H12.C9H13N3.C3H8.2C2H6/c1-6-11-15(10-5)17(14-9-4)16(12-7-2)13-8-3;1-8(2)10-6-4-9(3)5-7-10;1-6(2)8-5-11-7(3)9(10-4)12-8;1-3-2;2*1-2/h15-16H,6-14H2,1-5H3;4-7H,1H2,2-3H3;5H,1H2,2-4H3,(H,10,12);3H2,1-2H3;2*1-2H3. The molecule has 1 heterocycles. The molecule has 2 aromatic rings. The van der Waals surface area contributed by atoms with E-state index in [1.807, 2.05) is 55.5 Å². The third-order valence-corrected chi connectivity index (χ3v) is 6.93. The molecule has 1 aromatic carbocycles. The van der Waals surface area contributed by atoms with Crippen molar-refractivity contribution < 1.29 is 0 Å². The van der Waals surface area contributed by atoms with Crippen molar-refractivity contribution >= 4 is 17.0 Å². The Labute approximate surface area is 290 Å². The smallest absolute Gasteiger partial charge is 0.147 e. The van der Waals surface area contributed by atoms with Crippen LogP contribution in [0.4, 0.5) is 5.82 Å². The summed E-state index contributed by atoms with van der Waals surface area (Å²) >= 11 is 0. The highest BCUT2D eigenvalue weighted by Crippen LogP contribution is 2.21. The second kappa shape index (κ2) is 35.4. The summed E-state index contributed by atoms with van der Waals surface area (Å²) in [7, 11) is 1.83. The minimum Gasteiger partial charge on any atom is -0.372 e. The molecule has 0 amide bonds. The molecule has 0 bridgehead atoms. The van der Waals surface area contributed by atoms with Crippen LogP contribution in [-0.4, -0.2) is 40.5 Å². The van der Waals surface area contributed by atoms with E-state index in [0.717, 1.165) is 40.4 Å². The number of hydrogen-bond acceptors (Lipinski definition) is 4. The van der Waals surface area contributed by atoms with Crippen molar-refractivity contribution in [1.29, 1.82) is 0 Å². The van der Waals surface area contributed by atoms with E-state index in [2.05, 4.69) is 113 Å². The van der Waals surface area contributed by atoms with E-state index in [-0.39, 0.29) is 0 Å². The number of nitrogens with zero attached hydrogens (tertiary/aromatic N) is 3. The molecule has 0 aliphatic heterocycles. The average Bonchev–Trinajstić information content (AvgIpc) is 3.06. The summed E-state index contributed by atoms with van der Waals surface area (Å²) in [6, 6.07) is 10.0. The third kappa shape index (κ3) is 24.7. The highest BCUT2D eigenvalue weighted by molar-refractivity contribution is 5.61. The van der Waals surface area contributed by atoms with Crippen molar-refractivity contribution in [2.24, 2.45) is 0 Å². The number of nitrogens with one attached hydrogen (secondary N) is 1. The zero-order valence-corrected chi connectivity index (χ0v) is 33.9. The Bertz CT molecular complexity index is 943. The molecule has 4 heteroatoms. The molecule has 268 valence electrons. The number of rotatable bonds is 14.